The van der Waals surface area contributed by atoms with Crippen LogP contribution in [0.1, 0.15) is 37.0 Å². The molecule has 25 heavy (non-hydrogen) atoms. The van der Waals surface area contributed by atoms with Crippen LogP contribution >= 0.6 is 0 Å². The lowest BCUT2D eigenvalue weighted by molar-refractivity contribution is 0.0773. The van der Waals surface area contributed by atoms with Gasteiger partial charge in [0.25, 0.3) is 5.91 Å². The third-order valence-corrected chi connectivity index (χ3v) is 5.02. The standard InChI is InChI=1S/C19H29N5O/c1-4-23(5-2)19(25)15-7-8-17-16(13-15)21-18(24(17)6-3)14-22-11-9-20-10-12-22/h7-8,13,20H,4-6,9-12,14H2,1-3H3. The average Bonchev–Trinajstić information content (AvgIpc) is 2.99. The van der Waals surface area contributed by atoms with Crippen molar-refractivity contribution in [3.8, 4) is 0 Å². The maximum absolute atomic E-state index is 12.6. The first-order valence-corrected chi connectivity index (χ1v) is 9.39. The first-order valence-electron chi connectivity index (χ1n) is 9.39. The maximum Gasteiger partial charge on any atom is 0.253 e. The summed E-state index contributed by atoms with van der Waals surface area (Å²) in [5, 5.41) is 3.39. The predicted molar refractivity (Wildman–Crippen MR) is 101 cm³/mol. The minimum atomic E-state index is 0.0848. The number of hydrogen-bond donors (Lipinski definition) is 1. The third-order valence-electron chi connectivity index (χ3n) is 5.02. The summed E-state index contributed by atoms with van der Waals surface area (Å²) in [6.45, 7) is 13.6. The molecule has 0 atom stereocenters. The molecule has 0 aliphatic carbocycles. The van der Waals surface area contributed by atoms with Crippen LogP contribution in [-0.4, -0.2) is 64.5 Å². The van der Waals surface area contributed by atoms with Crippen LogP contribution in [0.25, 0.3) is 11.0 Å². The van der Waals surface area contributed by atoms with Crippen molar-refractivity contribution in [2.45, 2.75) is 33.9 Å². The van der Waals surface area contributed by atoms with Crippen molar-refractivity contribution in [1.29, 1.82) is 0 Å². The van der Waals surface area contributed by atoms with Crippen LogP contribution in [0.5, 0.6) is 0 Å². The number of fused-ring (bicyclic) bond motifs is 1. The molecule has 0 spiro atoms. The van der Waals surface area contributed by atoms with Gasteiger partial charge >= 0.3 is 0 Å². The van der Waals surface area contributed by atoms with E-state index in [1.807, 2.05) is 36.9 Å². The summed E-state index contributed by atoms with van der Waals surface area (Å²) in [6, 6.07) is 5.93. The summed E-state index contributed by atoms with van der Waals surface area (Å²) >= 11 is 0. The van der Waals surface area contributed by atoms with Gasteiger partial charge in [-0.3, -0.25) is 9.69 Å². The zero-order valence-electron chi connectivity index (χ0n) is 15.6. The van der Waals surface area contributed by atoms with Crippen molar-refractivity contribution in [3.63, 3.8) is 0 Å². The number of rotatable bonds is 6. The first kappa shape index (κ1) is 17.9. The number of piperazine rings is 1. The number of nitrogens with zero attached hydrogens (tertiary/aromatic N) is 4. The molecule has 0 saturated carbocycles. The second-order valence-corrected chi connectivity index (χ2v) is 6.48. The Morgan fingerprint density at radius 3 is 2.56 bits per heavy atom. The minimum absolute atomic E-state index is 0.0848. The van der Waals surface area contributed by atoms with Crippen molar-refractivity contribution < 1.29 is 4.79 Å². The second kappa shape index (κ2) is 7.97. The highest BCUT2D eigenvalue weighted by Gasteiger charge is 2.18. The summed E-state index contributed by atoms with van der Waals surface area (Å²) in [4.78, 5) is 21.7. The monoisotopic (exact) mass is 343 g/mol. The van der Waals surface area contributed by atoms with Crippen LogP contribution in [0.2, 0.25) is 0 Å². The fourth-order valence-electron chi connectivity index (χ4n) is 3.55. The maximum atomic E-state index is 12.6. The van der Waals surface area contributed by atoms with Crippen molar-refractivity contribution >= 4 is 16.9 Å². The number of aryl methyl sites for hydroxylation is 1. The van der Waals surface area contributed by atoms with Crippen LogP contribution in [0.4, 0.5) is 0 Å². The van der Waals surface area contributed by atoms with Gasteiger partial charge in [-0.25, -0.2) is 4.98 Å². The molecule has 1 amide bonds. The van der Waals surface area contributed by atoms with E-state index < -0.39 is 0 Å². The quantitative estimate of drug-likeness (QED) is 0.871. The van der Waals surface area contributed by atoms with Crippen molar-refractivity contribution in [1.82, 2.24) is 24.7 Å². The molecule has 0 bridgehead atoms. The number of hydrogen-bond acceptors (Lipinski definition) is 4. The van der Waals surface area contributed by atoms with Crippen LogP contribution in [0.15, 0.2) is 18.2 Å². The first-order chi connectivity index (χ1) is 12.2. The predicted octanol–water partition coefficient (Wildman–Crippen LogP) is 1.94. The Labute approximate surface area is 149 Å². The van der Waals surface area contributed by atoms with Gasteiger partial charge in [0.2, 0.25) is 0 Å². The van der Waals surface area contributed by atoms with Gasteiger partial charge < -0.3 is 14.8 Å². The Bertz CT molecular complexity index is 729. The Morgan fingerprint density at radius 2 is 1.92 bits per heavy atom. The van der Waals surface area contributed by atoms with Gasteiger partial charge in [0.15, 0.2) is 0 Å². The van der Waals surface area contributed by atoms with Gasteiger partial charge in [0.1, 0.15) is 5.82 Å². The average molecular weight is 343 g/mol. The molecule has 6 heteroatoms. The summed E-state index contributed by atoms with van der Waals surface area (Å²) in [5.74, 6) is 1.17. The molecule has 2 heterocycles. The van der Waals surface area contributed by atoms with Crippen LogP contribution in [0.3, 0.4) is 0 Å². The van der Waals surface area contributed by atoms with Crippen molar-refractivity contribution in [2.24, 2.45) is 0 Å². The number of imidazole rings is 1. The molecule has 3 rings (SSSR count). The van der Waals surface area contributed by atoms with E-state index >= 15 is 0 Å². The molecule has 1 fully saturated rings. The topological polar surface area (TPSA) is 53.4 Å². The highest BCUT2D eigenvalue weighted by Crippen LogP contribution is 2.20. The van der Waals surface area contributed by atoms with Gasteiger partial charge in [-0.1, -0.05) is 0 Å². The molecule has 1 aliphatic heterocycles. The molecule has 0 radical (unpaired) electrons. The molecule has 136 valence electrons. The van der Waals surface area contributed by atoms with Gasteiger partial charge in [-0.2, -0.15) is 0 Å². The van der Waals surface area contributed by atoms with E-state index in [4.69, 9.17) is 4.98 Å². The summed E-state index contributed by atoms with van der Waals surface area (Å²) in [7, 11) is 0. The second-order valence-electron chi connectivity index (χ2n) is 6.48. The number of amides is 1. The number of aromatic nitrogens is 2. The van der Waals surface area contributed by atoms with E-state index in [-0.39, 0.29) is 5.91 Å². The number of carbonyl (C=O) groups is 1. The van der Waals surface area contributed by atoms with E-state index in [1.165, 1.54) is 0 Å². The molecule has 6 nitrogen and oxygen atoms in total. The van der Waals surface area contributed by atoms with Crippen molar-refractivity contribution in [2.75, 3.05) is 39.3 Å². The molecule has 1 aromatic carbocycles. The number of nitrogens with one attached hydrogen (secondary N) is 1. The van der Waals surface area contributed by atoms with E-state index in [0.29, 0.717) is 0 Å². The van der Waals surface area contributed by atoms with Gasteiger partial charge in [-0.15, -0.1) is 0 Å². The Hall–Kier alpha value is -1.92. The summed E-state index contributed by atoms with van der Waals surface area (Å²) in [5.41, 5.74) is 2.76. The normalized spacial score (nSPS) is 15.6. The largest absolute Gasteiger partial charge is 0.339 e. The van der Waals surface area contributed by atoms with E-state index in [2.05, 4.69) is 21.7 Å². The Morgan fingerprint density at radius 1 is 1.20 bits per heavy atom. The molecule has 2 aromatic rings. The third kappa shape index (κ3) is 3.70. The molecule has 1 aromatic heterocycles. The van der Waals surface area contributed by atoms with Gasteiger partial charge in [0.05, 0.1) is 17.6 Å². The number of carbonyl (C=O) groups excluding carboxylic acids is 1. The lowest BCUT2D eigenvalue weighted by atomic mass is 10.1. The zero-order chi connectivity index (χ0) is 17.8. The fourth-order valence-corrected chi connectivity index (χ4v) is 3.55. The lowest BCUT2D eigenvalue weighted by Crippen LogP contribution is -2.43. The smallest absolute Gasteiger partial charge is 0.253 e. The van der Waals surface area contributed by atoms with Crippen LogP contribution in [0, 0.1) is 0 Å². The molecule has 1 saturated heterocycles. The minimum Gasteiger partial charge on any atom is -0.339 e. The van der Waals surface area contributed by atoms with Crippen LogP contribution < -0.4 is 5.32 Å². The lowest BCUT2D eigenvalue weighted by Gasteiger charge is -2.26. The molecular weight excluding hydrogens is 314 g/mol. The number of benzene rings is 1. The highest BCUT2D eigenvalue weighted by molar-refractivity contribution is 5.97. The molecular formula is C19H29N5O. The molecule has 1 aliphatic rings. The van der Waals surface area contributed by atoms with Crippen molar-refractivity contribution in [3.05, 3.63) is 29.6 Å². The fraction of sp³-hybridized carbons (Fsp3) is 0.579. The van der Waals surface area contributed by atoms with E-state index in [9.17, 15) is 4.79 Å². The van der Waals surface area contributed by atoms with E-state index in [0.717, 1.165) is 74.8 Å². The van der Waals surface area contributed by atoms with Gasteiger partial charge in [0, 0.05) is 51.4 Å². The SMILES string of the molecule is CCN(CC)C(=O)c1ccc2c(c1)nc(CN1CCNCC1)n2CC. The molecule has 0 unspecified atom stereocenters. The van der Waals surface area contributed by atoms with E-state index in [1.54, 1.807) is 0 Å². The Balaban J connectivity index is 1.90. The highest BCUT2D eigenvalue weighted by atomic mass is 16.2. The summed E-state index contributed by atoms with van der Waals surface area (Å²) in [6.07, 6.45) is 0. The van der Waals surface area contributed by atoms with Crippen LogP contribution in [-0.2, 0) is 13.1 Å². The zero-order valence-corrected chi connectivity index (χ0v) is 15.6. The Kier molecular flexibility index (Phi) is 5.71. The molecule has 1 N–H and O–H groups in total. The summed E-state index contributed by atoms with van der Waals surface area (Å²) < 4.78 is 2.27. The van der Waals surface area contributed by atoms with Gasteiger partial charge in [-0.05, 0) is 39.0 Å².